The minimum absolute atomic E-state index is 0. The van der Waals surface area contributed by atoms with Crippen molar-refractivity contribution in [2.75, 3.05) is 11.5 Å². The zero-order chi connectivity index (χ0) is 23.9. The van der Waals surface area contributed by atoms with E-state index >= 15 is 0 Å². The standard InChI is InChI=1S/C17H12Cl2N6O6S2.Na/c18-7-3-6(31-24-7)2-1-5-4-32-15-10(14(27)25(15)11(5)16(28)29)21-13(26)9(23-30)8-12(19)33-17(20)22-8;/h1-3,10,15,30H,4H2,(H2,20,22)(H,21,26)(H,28,29);/q;+1/p-1/b2-1-,23-9-;/t10-,15-;/m1./s1. The predicted octanol–water partition coefficient (Wildman–Crippen LogP) is -2.68. The van der Waals surface area contributed by atoms with Crippen LogP contribution >= 0.6 is 46.3 Å². The van der Waals surface area contributed by atoms with E-state index in [9.17, 15) is 24.7 Å². The summed E-state index contributed by atoms with van der Waals surface area (Å²) in [6.07, 6.45) is 2.91. The van der Waals surface area contributed by atoms with Crippen molar-refractivity contribution in [1.29, 1.82) is 0 Å². The normalized spacial score (nSPS) is 20.1. The summed E-state index contributed by atoms with van der Waals surface area (Å²) in [5.74, 6) is -2.70. The number of halogens is 2. The van der Waals surface area contributed by atoms with Gasteiger partial charge >= 0.3 is 29.6 Å². The SMILES string of the molecule is Nc1nc(/C(=N/O)C(=O)N[C@@H]2C(=O)N3C(C(=O)[O-])=C(/C=C\c4cc(Cl)no4)CS[C@H]23)c(Cl)s1.[Na+]. The van der Waals surface area contributed by atoms with E-state index in [0.717, 1.165) is 16.2 Å². The summed E-state index contributed by atoms with van der Waals surface area (Å²) in [7, 11) is 0. The molecule has 0 spiro atoms. The molecule has 0 aliphatic carbocycles. The average Bonchev–Trinajstić information content (AvgIpc) is 3.34. The molecule has 0 unspecified atom stereocenters. The van der Waals surface area contributed by atoms with Crippen LogP contribution in [0.15, 0.2) is 33.1 Å². The molecule has 0 bridgehead atoms. The van der Waals surface area contributed by atoms with E-state index in [4.69, 9.17) is 33.5 Å². The van der Waals surface area contributed by atoms with Gasteiger partial charge in [-0.2, -0.15) is 0 Å². The van der Waals surface area contributed by atoms with Crippen molar-refractivity contribution in [1.82, 2.24) is 20.4 Å². The molecule has 0 radical (unpaired) electrons. The smallest absolute Gasteiger partial charge is 0.543 e. The largest absolute Gasteiger partial charge is 1.00 e. The zero-order valence-electron chi connectivity index (χ0n) is 17.0. The number of carbonyl (C=O) groups is 3. The van der Waals surface area contributed by atoms with Gasteiger partial charge in [0.2, 0.25) is 0 Å². The van der Waals surface area contributed by atoms with Crippen molar-refractivity contribution in [2.45, 2.75) is 11.4 Å². The summed E-state index contributed by atoms with van der Waals surface area (Å²) in [5, 5.41) is 29.4. The van der Waals surface area contributed by atoms with Crippen molar-refractivity contribution < 1.29 is 58.8 Å². The van der Waals surface area contributed by atoms with Gasteiger partial charge in [-0.25, -0.2) is 4.98 Å². The van der Waals surface area contributed by atoms with Gasteiger partial charge in [0.15, 0.2) is 21.8 Å². The molecule has 4 heterocycles. The maximum atomic E-state index is 12.7. The Kier molecular flexibility index (Phi) is 8.34. The number of nitrogens with two attached hydrogens (primary N) is 1. The first-order valence-electron chi connectivity index (χ1n) is 8.85. The number of nitrogen functional groups attached to an aromatic ring is 1. The van der Waals surface area contributed by atoms with Crippen LogP contribution in [0.25, 0.3) is 6.08 Å². The molecule has 2 aromatic heterocycles. The number of nitrogens with zero attached hydrogens (tertiary/aromatic N) is 4. The van der Waals surface area contributed by atoms with E-state index in [1.807, 2.05) is 0 Å². The Balaban J connectivity index is 0.00000324. The molecule has 4 N–H and O–H groups in total. The van der Waals surface area contributed by atoms with E-state index in [2.05, 4.69) is 20.6 Å². The number of carbonyl (C=O) groups excluding carboxylic acids is 3. The number of aliphatic carboxylic acids is 1. The number of amides is 2. The molecule has 0 aromatic carbocycles. The number of β-lactam (4-membered cyclic amide) rings is 1. The van der Waals surface area contributed by atoms with Crippen molar-refractivity contribution in [3.8, 4) is 0 Å². The monoisotopic (exact) mass is 552 g/mol. The van der Waals surface area contributed by atoms with Gasteiger partial charge < -0.3 is 30.7 Å². The number of fused-ring (bicyclic) bond motifs is 1. The summed E-state index contributed by atoms with van der Waals surface area (Å²) >= 11 is 13.7. The number of allylic oxidation sites excluding steroid dienone is 1. The number of nitrogens with one attached hydrogen (secondary N) is 1. The fourth-order valence-corrected chi connectivity index (χ4v) is 5.55. The third-order valence-electron chi connectivity index (χ3n) is 4.57. The molecule has 2 amide bonds. The summed E-state index contributed by atoms with van der Waals surface area (Å²) in [5.41, 5.74) is 4.83. The molecule has 2 aliphatic heterocycles. The van der Waals surface area contributed by atoms with Gasteiger partial charge in [0.05, 0.1) is 11.7 Å². The molecular weight excluding hydrogens is 542 g/mol. The van der Waals surface area contributed by atoms with Gasteiger partial charge in [0.1, 0.15) is 21.4 Å². The van der Waals surface area contributed by atoms with Gasteiger partial charge in [-0.05, 0) is 11.6 Å². The maximum Gasteiger partial charge on any atom is 1.00 e. The summed E-state index contributed by atoms with van der Waals surface area (Å²) < 4.78 is 4.96. The van der Waals surface area contributed by atoms with Crippen LogP contribution < -0.4 is 45.7 Å². The average molecular weight is 553 g/mol. The number of carboxylic acids is 1. The predicted molar refractivity (Wildman–Crippen MR) is 117 cm³/mol. The van der Waals surface area contributed by atoms with Crippen LogP contribution in [0.1, 0.15) is 11.5 Å². The third-order valence-corrected chi connectivity index (χ3v) is 7.13. The number of anilines is 1. The Labute approximate surface area is 231 Å². The van der Waals surface area contributed by atoms with Gasteiger partial charge in [0.25, 0.3) is 11.8 Å². The second kappa shape index (κ2) is 10.7. The van der Waals surface area contributed by atoms with Crippen LogP contribution in [0, 0.1) is 0 Å². The number of hydrogen-bond acceptors (Lipinski definition) is 12. The molecule has 34 heavy (non-hydrogen) atoms. The molecule has 4 rings (SSSR count). The molecule has 0 saturated carbocycles. The molecule has 12 nitrogen and oxygen atoms in total. The molecule has 2 aromatic rings. The number of oxime groups is 1. The molecular formula is C17H11Cl2N6NaO6S2. The third kappa shape index (κ3) is 4.98. The molecule has 17 heteroatoms. The first-order chi connectivity index (χ1) is 15.7. The zero-order valence-corrected chi connectivity index (χ0v) is 22.2. The van der Waals surface area contributed by atoms with E-state index in [1.54, 1.807) is 0 Å². The maximum absolute atomic E-state index is 12.7. The Morgan fingerprint density at radius 3 is 2.71 bits per heavy atom. The molecule has 2 aliphatic rings. The molecule has 1 fully saturated rings. The molecule has 172 valence electrons. The van der Waals surface area contributed by atoms with E-state index in [1.165, 1.54) is 30.0 Å². The number of carboxylic acid groups (broad SMARTS) is 1. The molecule has 2 atom stereocenters. The number of aromatic nitrogens is 2. The number of thiazole rings is 1. The van der Waals surface area contributed by atoms with Gasteiger partial charge in [-0.15, -0.1) is 11.8 Å². The quantitative estimate of drug-likeness (QED) is 0.112. The Morgan fingerprint density at radius 1 is 1.41 bits per heavy atom. The van der Waals surface area contributed by atoms with Crippen LogP contribution in [0.5, 0.6) is 0 Å². The van der Waals surface area contributed by atoms with Crippen LogP contribution in [0.2, 0.25) is 9.49 Å². The van der Waals surface area contributed by atoms with Crippen molar-refractivity contribution >= 4 is 81.0 Å². The Hall–Kier alpha value is -2.07. The van der Waals surface area contributed by atoms with E-state index < -0.39 is 34.9 Å². The van der Waals surface area contributed by atoms with Crippen molar-refractivity contribution in [3.05, 3.63) is 44.4 Å². The van der Waals surface area contributed by atoms with Crippen LogP contribution in [-0.2, 0) is 14.4 Å². The van der Waals surface area contributed by atoms with Crippen LogP contribution in [-0.4, -0.2) is 60.9 Å². The molecule has 1 saturated heterocycles. The Morgan fingerprint density at radius 2 is 2.15 bits per heavy atom. The van der Waals surface area contributed by atoms with E-state index in [0.29, 0.717) is 5.57 Å². The van der Waals surface area contributed by atoms with Crippen LogP contribution in [0.3, 0.4) is 0 Å². The minimum atomic E-state index is -1.56. The fourth-order valence-electron chi connectivity index (χ4n) is 3.16. The topological polar surface area (TPSA) is 187 Å². The first kappa shape index (κ1) is 26.5. The summed E-state index contributed by atoms with van der Waals surface area (Å²) in [6.45, 7) is 0. The van der Waals surface area contributed by atoms with Crippen molar-refractivity contribution in [2.24, 2.45) is 5.16 Å². The second-order valence-corrected chi connectivity index (χ2v) is 9.66. The minimum Gasteiger partial charge on any atom is -0.543 e. The van der Waals surface area contributed by atoms with Crippen molar-refractivity contribution in [3.63, 3.8) is 0 Å². The number of rotatable bonds is 6. The van der Waals surface area contributed by atoms with Gasteiger partial charge in [0, 0.05) is 11.8 Å². The number of thioether (sulfide) groups is 1. The van der Waals surface area contributed by atoms with E-state index in [-0.39, 0.29) is 67.1 Å². The summed E-state index contributed by atoms with van der Waals surface area (Å²) in [6, 6.07) is 0.348. The van der Waals surface area contributed by atoms with Gasteiger partial charge in [-0.3, -0.25) is 14.5 Å². The van der Waals surface area contributed by atoms with Crippen LogP contribution in [0.4, 0.5) is 5.13 Å². The van der Waals surface area contributed by atoms with Gasteiger partial charge in [-0.1, -0.05) is 50.9 Å². The first-order valence-corrected chi connectivity index (χ1v) is 11.5. The summed E-state index contributed by atoms with van der Waals surface area (Å²) in [4.78, 5) is 42.0. The number of hydrogen-bond donors (Lipinski definition) is 3. The fraction of sp³-hybridized carbons (Fsp3) is 0.176. The Bertz CT molecular complexity index is 1260. The second-order valence-electron chi connectivity index (χ2n) is 6.53.